The van der Waals surface area contributed by atoms with E-state index in [2.05, 4.69) is 14.5 Å². The molecule has 1 aromatic heterocycles. The lowest BCUT2D eigenvalue weighted by atomic mass is 10.2. The number of hydrogen-bond donors (Lipinski definition) is 0. The highest BCUT2D eigenvalue weighted by molar-refractivity contribution is 5.91. The van der Waals surface area contributed by atoms with E-state index in [9.17, 15) is 18.0 Å². The lowest BCUT2D eigenvalue weighted by Crippen LogP contribution is -2.21. The standard InChI is InChI=1S/C10H7F3N2O3/c1-2-17-9(16)7-8(18-10(11,12)13)6(5-14)3-4-15-7/h3-4H,2H2,1H3. The largest absolute Gasteiger partial charge is 0.573 e. The molecule has 0 aliphatic rings. The maximum atomic E-state index is 12.2. The predicted molar refractivity (Wildman–Crippen MR) is 51.6 cm³/mol. The topological polar surface area (TPSA) is 72.2 Å². The summed E-state index contributed by atoms with van der Waals surface area (Å²) in [6, 6.07) is 2.49. The fraction of sp³-hybridized carbons (Fsp3) is 0.300. The summed E-state index contributed by atoms with van der Waals surface area (Å²) < 4.78 is 44.7. The minimum absolute atomic E-state index is 0.0389. The van der Waals surface area contributed by atoms with E-state index < -0.39 is 29.3 Å². The number of nitrogens with zero attached hydrogens (tertiary/aromatic N) is 2. The van der Waals surface area contributed by atoms with Crippen molar-refractivity contribution >= 4 is 5.97 Å². The Balaban J connectivity index is 3.26. The van der Waals surface area contributed by atoms with Gasteiger partial charge in [-0.05, 0) is 13.0 Å². The summed E-state index contributed by atoms with van der Waals surface area (Å²) in [4.78, 5) is 14.8. The maximum Gasteiger partial charge on any atom is 0.573 e. The number of aromatic nitrogens is 1. The molecule has 1 rings (SSSR count). The molecular formula is C10H7F3N2O3. The molecule has 0 fully saturated rings. The Morgan fingerprint density at radius 3 is 2.72 bits per heavy atom. The zero-order chi connectivity index (χ0) is 13.8. The Labute approximate surface area is 99.8 Å². The van der Waals surface area contributed by atoms with Gasteiger partial charge in [-0.15, -0.1) is 13.2 Å². The van der Waals surface area contributed by atoms with Crippen molar-refractivity contribution in [3.05, 3.63) is 23.5 Å². The Morgan fingerprint density at radius 1 is 1.56 bits per heavy atom. The lowest BCUT2D eigenvalue weighted by molar-refractivity contribution is -0.274. The van der Waals surface area contributed by atoms with Crippen molar-refractivity contribution in [3.63, 3.8) is 0 Å². The molecule has 8 heteroatoms. The third-order valence-corrected chi connectivity index (χ3v) is 1.71. The summed E-state index contributed by atoms with van der Waals surface area (Å²) in [7, 11) is 0. The number of nitriles is 1. The van der Waals surface area contributed by atoms with Crippen LogP contribution in [0.15, 0.2) is 12.3 Å². The normalized spacial score (nSPS) is 10.6. The van der Waals surface area contributed by atoms with Crippen LogP contribution in [0.4, 0.5) is 13.2 Å². The van der Waals surface area contributed by atoms with Gasteiger partial charge >= 0.3 is 12.3 Å². The van der Waals surface area contributed by atoms with Gasteiger partial charge < -0.3 is 9.47 Å². The third kappa shape index (κ3) is 3.35. The highest BCUT2D eigenvalue weighted by atomic mass is 19.4. The highest BCUT2D eigenvalue weighted by Crippen LogP contribution is 2.29. The quantitative estimate of drug-likeness (QED) is 0.777. The van der Waals surface area contributed by atoms with Gasteiger partial charge in [0.05, 0.1) is 12.2 Å². The SMILES string of the molecule is CCOC(=O)c1nccc(C#N)c1OC(F)(F)F. The fourth-order valence-corrected chi connectivity index (χ4v) is 1.10. The molecule has 0 bridgehead atoms. The molecule has 0 radical (unpaired) electrons. The van der Waals surface area contributed by atoms with E-state index >= 15 is 0 Å². The van der Waals surface area contributed by atoms with Gasteiger partial charge in [0.1, 0.15) is 6.07 Å². The molecule has 5 nitrogen and oxygen atoms in total. The smallest absolute Gasteiger partial charge is 0.461 e. The van der Waals surface area contributed by atoms with Crippen LogP contribution in [-0.4, -0.2) is 23.9 Å². The number of rotatable bonds is 3. The number of alkyl halides is 3. The van der Waals surface area contributed by atoms with Crippen molar-refractivity contribution in [1.29, 1.82) is 5.26 Å². The van der Waals surface area contributed by atoms with Crippen molar-refractivity contribution in [2.75, 3.05) is 6.61 Å². The first-order chi connectivity index (χ1) is 8.39. The highest BCUT2D eigenvalue weighted by Gasteiger charge is 2.35. The molecule has 0 aliphatic heterocycles. The Hall–Kier alpha value is -2.30. The number of hydrogen-bond acceptors (Lipinski definition) is 5. The van der Waals surface area contributed by atoms with E-state index in [-0.39, 0.29) is 6.61 Å². The van der Waals surface area contributed by atoms with Crippen LogP contribution in [0.1, 0.15) is 23.0 Å². The van der Waals surface area contributed by atoms with Crippen molar-refractivity contribution < 1.29 is 27.4 Å². The first kappa shape index (κ1) is 13.8. The Bertz CT molecular complexity index is 494. The summed E-state index contributed by atoms with van der Waals surface area (Å²) in [5.74, 6) is -2.04. The van der Waals surface area contributed by atoms with Crippen LogP contribution < -0.4 is 4.74 Å². The molecule has 0 saturated carbocycles. The van der Waals surface area contributed by atoms with Crippen LogP contribution in [0, 0.1) is 11.3 Å². The second-order valence-electron chi connectivity index (χ2n) is 2.92. The summed E-state index contributed by atoms with van der Waals surface area (Å²) in [6.07, 6.45) is -4.01. The molecule has 1 heterocycles. The van der Waals surface area contributed by atoms with E-state index in [0.29, 0.717) is 0 Å². The van der Waals surface area contributed by atoms with Gasteiger partial charge in [0.15, 0.2) is 11.4 Å². The second-order valence-corrected chi connectivity index (χ2v) is 2.92. The summed E-state index contributed by atoms with van der Waals surface area (Å²) in [5.41, 5.74) is -1.14. The molecule has 0 aromatic carbocycles. The number of carbonyl (C=O) groups excluding carboxylic acids is 1. The lowest BCUT2D eigenvalue weighted by Gasteiger charge is -2.12. The van der Waals surface area contributed by atoms with Gasteiger partial charge in [-0.1, -0.05) is 0 Å². The van der Waals surface area contributed by atoms with Crippen molar-refractivity contribution in [2.24, 2.45) is 0 Å². The van der Waals surface area contributed by atoms with Crippen molar-refractivity contribution in [2.45, 2.75) is 13.3 Å². The van der Waals surface area contributed by atoms with E-state index in [0.717, 1.165) is 12.3 Å². The van der Waals surface area contributed by atoms with E-state index in [1.165, 1.54) is 13.0 Å². The van der Waals surface area contributed by atoms with Crippen LogP contribution in [0.2, 0.25) is 0 Å². The molecule has 0 spiro atoms. The van der Waals surface area contributed by atoms with E-state index in [4.69, 9.17) is 5.26 Å². The summed E-state index contributed by atoms with van der Waals surface area (Å²) >= 11 is 0. The van der Waals surface area contributed by atoms with Crippen LogP contribution in [-0.2, 0) is 4.74 Å². The molecule has 0 aliphatic carbocycles. The average molecular weight is 260 g/mol. The molecule has 0 unspecified atom stereocenters. The van der Waals surface area contributed by atoms with Crippen molar-refractivity contribution in [1.82, 2.24) is 4.98 Å². The van der Waals surface area contributed by atoms with Gasteiger partial charge in [0.2, 0.25) is 0 Å². The first-order valence-electron chi connectivity index (χ1n) is 4.71. The molecule has 0 saturated heterocycles. The minimum Gasteiger partial charge on any atom is -0.461 e. The molecule has 18 heavy (non-hydrogen) atoms. The Kier molecular flexibility index (Phi) is 4.09. The van der Waals surface area contributed by atoms with Gasteiger partial charge in [-0.25, -0.2) is 9.78 Å². The summed E-state index contributed by atoms with van der Waals surface area (Å²) in [6.45, 7) is 1.44. The van der Waals surface area contributed by atoms with E-state index in [1.807, 2.05) is 0 Å². The van der Waals surface area contributed by atoms with Crippen molar-refractivity contribution in [3.8, 4) is 11.8 Å². The number of pyridine rings is 1. The maximum absolute atomic E-state index is 12.2. The second kappa shape index (κ2) is 5.35. The number of esters is 1. The molecular weight excluding hydrogens is 253 g/mol. The van der Waals surface area contributed by atoms with Crippen LogP contribution in [0.5, 0.6) is 5.75 Å². The average Bonchev–Trinajstić information content (AvgIpc) is 2.27. The number of halogens is 3. The monoisotopic (exact) mass is 260 g/mol. The molecule has 0 atom stereocenters. The molecule has 96 valence electrons. The fourth-order valence-electron chi connectivity index (χ4n) is 1.10. The van der Waals surface area contributed by atoms with Gasteiger partial charge in [0, 0.05) is 6.20 Å². The van der Waals surface area contributed by atoms with Crippen LogP contribution in [0.3, 0.4) is 0 Å². The summed E-state index contributed by atoms with van der Waals surface area (Å²) in [5, 5.41) is 8.67. The van der Waals surface area contributed by atoms with E-state index in [1.54, 1.807) is 0 Å². The predicted octanol–water partition coefficient (Wildman–Crippen LogP) is 2.03. The zero-order valence-electron chi connectivity index (χ0n) is 9.11. The Morgan fingerprint density at radius 2 is 2.22 bits per heavy atom. The molecule has 1 aromatic rings. The minimum atomic E-state index is -5.03. The van der Waals surface area contributed by atoms with Crippen LogP contribution in [0.25, 0.3) is 0 Å². The van der Waals surface area contributed by atoms with Gasteiger partial charge in [0.25, 0.3) is 0 Å². The van der Waals surface area contributed by atoms with Crippen LogP contribution >= 0.6 is 0 Å². The zero-order valence-corrected chi connectivity index (χ0v) is 9.11. The first-order valence-corrected chi connectivity index (χ1v) is 4.71. The molecule has 0 N–H and O–H groups in total. The van der Waals surface area contributed by atoms with Gasteiger partial charge in [-0.3, -0.25) is 0 Å². The number of ether oxygens (including phenoxy) is 2. The number of carbonyl (C=O) groups is 1. The van der Waals surface area contributed by atoms with Gasteiger partial charge in [-0.2, -0.15) is 5.26 Å². The third-order valence-electron chi connectivity index (χ3n) is 1.71. The molecule has 0 amide bonds.